The van der Waals surface area contributed by atoms with E-state index in [1.54, 1.807) is 30.6 Å². The Labute approximate surface area is 174 Å². The molecule has 4 heterocycles. The summed E-state index contributed by atoms with van der Waals surface area (Å²) in [5.41, 5.74) is 2.34. The summed E-state index contributed by atoms with van der Waals surface area (Å²) < 4.78 is 6.13. The maximum Gasteiger partial charge on any atom is 0.296 e. The van der Waals surface area contributed by atoms with Crippen LogP contribution in [0, 0.1) is 6.92 Å². The molecule has 1 amide bonds. The number of carbonyl (C=O) groups is 2. The fraction of sp³-hybridized carbons (Fsp3) is 0.0909. The third-order valence-corrected chi connectivity index (χ3v) is 5.95. The van der Waals surface area contributed by atoms with Gasteiger partial charge in [0.25, 0.3) is 5.91 Å². The topological polar surface area (TPSA) is 96.5 Å². The standard InChI is InChI=1S/C22H15N3O4S/c1-12-6-7-14-16(10-12)30-22(24-14)25-18(13-4-2-8-23-11-13)17(20(27)21(25)28)19(26)15-5-3-9-29-15/h2-11,18,27H,1H3/t18-/m0/s1. The van der Waals surface area contributed by atoms with Crippen LogP contribution in [0.3, 0.4) is 0 Å². The zero-order chi connectivity index (χ0) is 20.8. The average Bonchev–Trinajstić information content (AvgIpc) is 3.47. The number of carbonyl (C=O) groups excluding carboxylic acids is 2. The second-order valence-corrected chi connectivity index (χ2v) is 7.91. The van der Waals surface area contributed by atoms with Crippen LogP contribution in [0.15, 0.2) is 76.9 Å². The summed E-state index contributed by atoms with van der Waals surface area (Å²) in [5.74, 6) is -1.81. The quantitative estimate of drug-likeness (QED) is 0.495. The first kappa shape index (κ1) is 18.3. The summed E-state index contributed by atoms with van der Waals surface area (Å²) >= 11 is 1.33. The van der Waals surface area contributed by atoms with Crippen molar-refractivity contribution in [3.8, 4) is 0 Å². The van der Waals surface area contributed by atoms with Crippen LogP contribution in [0.5, 0.6) is 0 Å². The van der Waals surface area contributed by atoms with E-state index in [1.165, 1.54) is 28.6 Å². The summed E-state index contributed by atoms with van der Waals surface area (Å²) in [6, 6.07) is 11.5. The van der Waals surface area contributed by atoms with Crippen molar-refractivity contribution in [3.63, 3.8) is 0 Å². The van der Waals surface area contributed by atoms with Gasteiger partial charge in [0.05, 0.1) is 28.1 Å². The number of amides is 1. The molecule has 30 heavy (non-hydrogen) atoms. The van der Waals surface area contributed by atoms with E-state index in [4.69, 9.17) is 4.42 Å². The molecule has 0 saturated heterocycles. The Balaban J connectivity index is 1.68. The number of aryl methyl sites for hydroxylation is 1. The number of rotatable bonds is 4. The predicted octanol–water partition coefficient (Wildman–Crippen LogP) is 4.38. The van der Waals surface area contributed by atoms with Crippen LogP contribution in [0.4, 0.5) is 5.13 Å². The van der Waals surface area contributed by atoms with E-state index in [1.807, 2.05) is 25.1 Å². The summed E-state index contributed by atoms with van der Waals surface area (Å²) in [7, 11) is 0. The molecular weight excluding hydrogens is 402 g/mol. The molecule has 0 radical (unpaired) electrons. The molecule has 7 nitrogen and oxygen atoms in total. The van der Waals surface area contributed by atoms with Crippen molar-refractivity contribution in [3.05, 3.63) is 89.3 Å². The Morgan fingerprint density at radius 3 is 2.83 bits per heavy atom. The van der Waals surface area contributed by atoms with Crippen LogP contribution in [-0.2, 0) is 4.79 Å². The van der Waals surface area contributed by atoms with E-state index in [9.17, 15) is 14.7 Å². The molecule has 0 unspecified atom stereocenters. The second-order valence-electron chi connectivity index (χ2n) is 6.90. The lowest BCUT2D eigenvalue weighted by Crippen LogP contribution is -2.31. The molecule has 8 heteroatoms. The fourth-order valence-electron chi connectivity index (χ4n) is 3.55. The van der Waals surface area contributed by atoms with Gasteiger partial charge in [-0.05, 0) is 48.4 Å². The van der Waals surface area contributed by atoms with E-state index in [0.717, 1.165) is 15.8 Å². The number of fused-ring (bicyclic) bond motifs is 1. The molecule has 1 N–H and O–H groups in total. The molecule has 0 bridgehead atoms. The number of hydrogen-bond acceptors (Lipinski definition) is 7. The van der Waals surface area contributed by atoms with Gasteiger partial charge in [0, 0.05) is 12.4 Å². The monoisotopic (exact) mass is 417 g/mol. The van der Waals surface area contributed by atoms with Gasteiger partial charge in [-0.1, -0.05) is 23.5 Å². The number of thiazole rings is 1. The third kappa shape index (κ3) is 2.81. The van der Waals surface area contributed by atoms with Crippen LogP contribution < -0.4 is 4.90 Å². The van der Waals surface area contributed by atoms with Gasteiger partial charge in [0.1, 0.15) is 0 Å². The molecule has 0 saturated carbocycles. The Morgan fingerprint density at radius 1 is 1.23 bits per heavy atom. The van der Waals surface area contributed by atoms with Gasteiger partial charge in [-0.2, -0.15) is 0 Å². The van der Waals surface area contributed by atoms with E-state index in [-0.39, 0.29) is 11.3 Å². The van der Waals surface area contributed by atoms with Gasteiger partial charge < -0.3 is 9.52 Å². The van der Waals surface area contributed by atoms with Crippen LogP contribution >= 0.6 is 11.3 Å². The minimum absolute atomic E-state index is 0.0417. The lowest BCUT2D eigenvalue weighted by Gasteiger charge is -2.23. The summed E-state index contributed by atoms with van der Waals surface area (Å²) in [5, 5.41) is 11.1. The molecule has 1 aliphatic rings. The van der Waals surface area contributed by atoms with Crippen molar-refractivity contribution in [1.82, 2.24) is 9.97 Å². The molecule has 5 rings (SSSR count). The van der Waals surface area contributed by atoms with Gasteiger partial charge in [-0.15, -0.1) is 0 Å². The fourth-order valence-corrected chi connectivity index (χ4v) is 4.64. The van der Waals surface area contributed by atoms with E-state index >= 15 is 0 Å². The normalized spacial score (nSPS) is 16.6. The number of anilines is 1. The average molecular weight is 417 g/mol. The molecule has 148 valence electrons. The minimum atomic E-state index is -0.870. The molecule has 1 aliphatic heterocycles. The summed E-state index contributed by atoms with van der Waals surface area (Å²) in [4.78, 5) is 36.3. The summed E-state index contributed by atoms with van der Waals surface area (Å²) in [6.45, 7) is 1.98. The molecule has 1 aromatic carbocycles. The maximum absolute atomic E-state index is 13.1. The number of hydrogen-bond donors (Lipinski definition) is 1. The van der Waals surface area contributed by atoms with Crippen molar-refractivity contribution in [2.75, 3.05) is 4.90 Å². The van der Waals surface area contributed by atoms with Crippen LogP contribution in [0.2, 0.25) is 0 Å². The molecular formula is C22H15N3O4S. The first-order valence-corrected chi connectivity index (χ1v) is 9.98. The molecule has 0 spiro atoms. The van der Waals surface area contributed by atoms with Crippen molar-refractivity contribution >= 4 is 38.4 Å². The number of benzene rings is 1. The molecule has 1 atom stereocenters. The van der Waals surface area contributed by atoms with Crippen molar-refractivity contribution in [1.29, 1.82) is 0 Å². The Hall–Kier alpha value is -3.78. The zero-order valence-electron chi connectivity index (χ0n) is 15.8. The number of nitrogens with zero attached hydrogens (tertiary/aromatic N) is 3. The van der Waals surface area contributed by atoms with Crippen molar-refractivity contribution < 1.29 is 19.1 Å². The number of pyridine rings is 1. The van der Waals surface area contributed by atoms with Crippen LogP contribution in [0.1, 0.15) is 27.7 Å². The number of furan rings is 1. The smallest absolute Gasteiger partial charge is 0.296 e. The van der Waals surface area contributed by atoms with E-state index in [0.29, 0.717) is 10.7 Å². The highest BCUT2D eigenvalue weighted by Crippen LogP contribution is 2.44. The number of ketones is 1. The van der Waals surface area contributed by atoms with Gasteiger partial charge >= 0.3 is 0 Å². The van der Waals surface area contributed by atoms with Gasteiger partial charge in [0.15, 0.2) is 16.7 Å². The molecule has 0 aliphatic carbocycles. The Bertz CT molecular complexity index is 1310. The van der Waals surface area contributed by atoms with Crippen LogP contribution in [0.25, 0.3) is 10.2 Å². The maximum atomic E-state index is 13.1. The highest BCUT2D eigenvalue weighted by molar-refractivity contribution is 7.22. The first-order valence-electron chi connectivity index (χ1n) is 9.16. The highest BCUT2D eigenvalue weighted by atomic mass is 32.1. The Morgan fingerprint density at radius 2 is 2.10 bits per heavy atom. The van der Waals surface area contributed by atoms with Gasteiger partial charge in [0.2, 0.25) is 5.78 Å². The van der Waals surface area contributed by atoms with Crippen molar-refractivity contribution in [2.24, 2.45) is 0 Å². The SMILES string of the molecule is Cc1ccc2nc(N3C(=O)C(O)=C(C(=O)c4ccco4)[C@@H]3c3cccnc3)sc2c1. The van der Waals surface area contributed by atoms with Crippen molar-refractivity contribution in [2.45, 2.75) is 13.0 Å². The Kier molecular flexibility index (Phi) is 4.22. The summed E-state index contributed by atoms with van der Waals surface area (Å²) in [6.07, 6.45) is 4.54. The number of aliphatic hydroxyl groups is 1. The molecule has 4 aromatic rings. The highest BCUT2D eigenvalue weighted by Gasteiger charge is 2.46. The number of aliphatic hydroxyl groups excluding tert-OH is 1. The number of aromatic nitrogens is 2. The largest absolute Gasteiger partial charge is 0.503 e. The lowest BCUT2D eigenvalue weighted by atomic mass is 9.96. The number of Topliss-reactive ketones (excluding diaryl/α,β-unsaturated/α-hetero) is 1. The van der Waals surface area contributed by atoms with Gasteiger partial charge in [-0.25, -0.2) is 4.98 Å². The first-order chi connectivity index (χ1) is 14.5. The zero-order valence-corrected chi connectivity index (χ0v) is 16.6. The molecule has 3 aromatic heterocycles. The lowest BCUT2D eigenvalue weighted by molar-refractivity contribution is -0.117. The minimum Gasteiger partial charge on any atom is -0.503 e. The third-order valence-electron chi connectivity index (χ3n) is 4.94. The van der Waals surface area contributed by atoms with E-state index in [2.05, 4.69) is 9.97 Å². The predicted molar refractivity (Wildman–Crippen MR) is 112 cm³/mol. The van der Waals surface area contributed by atoms with E-state index < -0.39 is 23.5 Å². The van der Waals surface area contributed by atoms with Gasteiger partial charge in [-0.3, -0.25) is 19.5 Å². The van der Waals surface area contributed by atoms with Crippen LogP contribution in [-0.4, -0.2) is 26.8 Å². The molecule has 0 fully saturated rings. The second kappa shape index (κ2) is 6.93.